The minimum absolute atomic E-state index is 0.0508. The quantitative estimate of drug-likeness (QED) is 0.276. The van der Waals surface area contributed by atoms with Crippen LogP contribution in [0.4, 0.5) is 11.6 Å². The second-order valence-electron chi connectivity index (χ2n) is 9.52. The first-order valence-electron chi connectivity index (χ1n) is 12.6. The molecule has 0 saturated carbocycles. The van der Waals surface area contributed by atoms with Gasteiger partial charge in [-0.1, -0.05) is 6.07 Å². The fraction of sp³-hybridized carbons (Fsp3) is 0.640. The average molecular weight is 533 g/mol. The number of carbonyl (C=O) groups is 3. The molecule has 1 aliphatic rings. The van der Waals surface area contributed by atoms with Crippen molar-refractivity contribution in [3.8, 4) is 6.07 Å². The number of nitrogens with one attached hydrogen (secondary N) is 4. The van der Waals surface area contributed by atoms with E-state index in [0.717, 1.165) is 19.5 Å². The largest absolute Gasteiger partial charge is 0.368 e. The van der Waals surface area contributed by atoms with Gasteiger partial charge in [-0.05, 0) is 60.0 Å². The molecule has 2 rings (SSSR count). The fourth-order valence-electron chi connectivity index (χ4n) is 3.90. The molecule has 3 atom stereocenters. The second kappa shape index (κ2) is 15.4. The summed E-state index contributed by atoms with van der Waals surface area (Å²) in [7, 11) is 4.04. The molecule has 37 heavy (non-hydrogen) atoms. The van der Waals surface area contributed by atoms with Gasteiger partial charge in [-0.2, -0.15) is 5.26 Å². The maximum Gasteiger partial charge on any atom is 0.239 e. The Morgan fingerprint density at radius 3 is 2.62 bits per heavy atom. The molecule has 1 aromatic rings. The fourth-order valence-corrected chi connectivity index (χ4v) is 4.97. The van der Waals surface area contributed by atoms with E-state index in [-0.39, 0.29) is 42.6 Å². The van der Waals surface area contributed by atoms with Crippen LogP contribution in [0.1, 0.15) is 27.2 Å². The molecule has 1 fully saturated rings. The van der Waals surface area contributed by atoms with E-state index >= 15 is 0 Å². The molecule has 0 radical (unpaired) electrons. The summed E-state index contributed by atoms with van der Waals surface area (Å²) in [5.41, 5.74) is 0. The van der Waals surface area contributed by atoms with Crippen LogP contribution in [-0.2, 0) is 14.4 Å². The average Bonchev–Trinajstić information content (AvgIpc) is 3.27. The van der Waals surface area contributed by atoms with Crippen LogP contribution in [0.3, 0.4) is 0 Å². The molecule has 3 amide bonds. The third-order valence-electron chi connectivity index (χ3n) is 5.88. The van der Waals surface area contributed by atoms with Gasteiger partial charge in [-0.25, -0.2) is 4.98 Å². The molecule has 0 aromatic carbocycles. The maximum atomic E-state index is 12.8. The Morgan fingerprint density at radius 1 is 1.27 bits per heavy atom. The third kappa shape index (κ3) is 10.6. The molecule has 3 unspecified atom stereocenters. The Balaban J connectivity index is 1.96. The van der Waals surface area contributed by atoms with Gasteiger partial charge in [0.15, 0.2) is 0 Å². The van der Waals surface area contributed by atoms with E-state index in [2.05, 4.69) is 43.1 Å². The van der Waals surface area contributed by atoms with Crippen molar-refractivity contribution in [3.63, 3.8) is 0 Å². The number of rotatable bonds is 14. The lowest BCUT2D eigenvalue weighted by atomic mass is 10.2. The summed E-state index contributed by atoms with van der Waals surface area (Å²) < 4.78 is 0. The summed E-state index contributed by atoms with van der Waals surface area (Å²) in [4.78, 5) is 46.2. The number of likely N-dealkylation sites (N-methyl/N-ethyl adjacent to an activating group) is 2. The number of thioether (sulfide) groups is 1. The van der Waals surface area contributed by atoms with Crippen LogP contribution in [0.25, 0.3) is 0 Å². The number of anilines is 2. The van der Waals surface area contributed by atoms with Crippen molar-refractivity contribution in [2.24, 2.45) is 5.92 Å². The van der Waals surface area contributed by atoms with Gasteiger partial charge in [0.2, 0.25) is 17.7 Å². The zero-order valence-electron chi connectivity index (χ0n) is 22.4. The van der Waals surface area contributed by atoms with E-state index in [9.17, 15) is 19.6 Å². The normalized spacial score (nSPS) is 17.2. The highest BCUT2D eigenvalue weighted by atomic mass is 32.2. The van der Waals surface area contributed by atoms with Crippen LogP contribution in [0, 0.1) is 17.2 Å². The van der Waals surface area contributed by atoms with E-state index in [1.807, 2.05) is 27.0 Å². The van der Waals surface area contributed by atoms with Crippen molar-refractivity contribution in [1.82, 2.24) is 25.4 Å². The first-order valence-corrected chi connectivity index (χ1v) is 13.7. The SMILES string of the molecule is CCNC(=O)C(C#N)CSC(CNc1cccc(NC(=O)CN(C)C2CCN(C)C2)n1)C(=O)NC(C)C. The van der Waals surface area contributed by atoms with Gasteiger partial charge >= 0.3 is 0 Å². The van der Waals surface area contributed by atoms with Crippen molar-refractivity contribution in [2.45, 2.75) is 44.5 Å². The molecule has 1 saturated heterocycles. The highest BCUT2D eigenvalue weighted by molar-refractivity contribution is 8.00. The highest BCUT2D eigenvalue weighted by Gasteiger charge is 2.26. The first kappa shape index (κ1) is 30.3. The van der Waals surface area contributed by atoms with E-state index in [4.69, 9.17) is 0 Å². The zero-order chi connectivity index (χ0) is 27.4. The first-order chi connectivity index (χ1) is 17.6. The number of pyridine rings is 1. The second-order valence-corrected chi connectivity index (χ2v) is 10.8. The van der Waals surface area contributed by atoms with Gasteiger partial charge in [0.25, 0.3) is 0 Å². The topological polar surface area (TPSA) is 142 Å². The molecule has 2 heterocycles. The van der Waals surface area contributed by atoms with E-state index in [1.54, 1.807) is 25.1 Å². The van der Waals surface area contributed by atoms with Gasteiger partial charge in [-0.15, -0.1) is 11.8 Å². The van der Waals surface area contributed by atoms with Crippen LogP contribution >= 0.6 is 11.8 Å². The monoisotopic (exact) mass is 532 g/mol. The summed E-state index contributed by atoms with van der Waals surface area (Å²) in [6.07, 6.45) is 1.04. The zero-order valence-corrected chi connectivity index (χ0v) is 23.2. The summed E-state index contributed by atoms with van der Waals surface area (Å²) >= 11 is 1.25. The van der Waals surface area contributed by atoms with Crippen LogP contribution in [0.2, 0.25) is 0 Å². The van der Waals surface area contributed by atoms with Crippen molar-refractivity contribution in [1.29, 1.82) is 5.26 Å². The number of nitriles is 1. The molecule has 0 spiro atoms. The minimum Gasteiger partial charge on any atom is -0.368 e. The Kier molecular flexibility index (Phi) is 12.6. The lowest BCUT2D eigenvalue weighted by Crippen LogP contribution is -2.41. The minimum atomic E-state index is -0.848. The van der Waals surface area contributed by atoms with Crippen LogP contribution < -0.4 is 21.3 Å². The lowest BCUT2D eigenvalue weighted by Gasteiger charge is -2.23. The molecular weight excluding hydrogens is 492 g/mol. The number of amides is 3. The van der Waals surface area contributed by atoms with Crippen LogP contribution in [0.5, 0.6) is 0 Å². The standard InChI is InChI=1S/C25H40N8O3S/c1-6-27-24(35)18(12-26)16-37-20(25(36)29-17(2)3)13-28-21-8-7-9-22(30-21)31-23(34)15-33(5)19-10-11-32(4)14-19/h7-9,17-20H,6,10-11,13-16H2,1-5H3,(H,27,35)(H,29,36)(H2,28,30,31,34). The molecule has 1 aromatic heterocycles. The van der Waals surface area contributed by atoms with Gasteiger partial charge in [-0.3, -0.25) is 19.3 Å². The molecule has 4 N–H and O–H groups in total. The van der Waals surface area contributed by atoms with Gasteiger partial charge in [0.1, 0.15) is 22.8 Å². The number of hydrogen-bond acceptors (Lipinski definition) is 9. The van der Waals surface area contributed by atoms with Crippen molar-refractivity contribution >= 4 is 41.1 Å². The molecule has 0 aliphatic carbocycles. The summed E-state index contributed by atoms with van der Waals surface area (Å²) in [5, 5.41) is 20.4. The molecule has 12 heteroatoms. The van der Waals surface area contributed by atoms with Gasteiger partial charge < -0.3 is 26.2 Å². The maximum absolute atomic E-state index is 12.8. The number of aromatic nitrogens is 1. The third-order valence-corrected chi connectivity index (χ3v) is 7.19. The Labute approximate surface area is 224 Å². The molecule has 1 aliphatic heterocycles. The summed E-state index contributed by atoms with van der Waals surface area (Å²) in [6, 6.07) is 7.57. The van der Waals surface area contributed by atoms with Gasteiger partial charge in [0, 0.05) is 37.5 Å². The van der Waals surface area contributed by atoms with Gasteiger partial charge in [0.05, 0.1) is 12.6 Å². The summed E-state index contributed by atoms with van der Waals surface area (Å²) in [6.45, 7) is 8.46. The number of likely N-dealkylation sites (tertiary alicyclic amines) is 1. The van der Waals surface area contributed by atoms with E-state index in [1.165, 1.54) is 11.8 Å². The van der Waals surface area contributed by atoms with E-state index in [0.29, 0.717) is 24.2 Å². The Bertz CT molecular complexity index is 954. The van der Waals surface area contributed by atoms with Crippen LogP contribution in [0.15, 0.2) is 18.2 Å². The summed E-state index contributed by atoms with van der Waals surface area (Å²) in [5.74, 6) is -0.406. The predicted molar refractivity (Wildman–Crippen MR) is 147 cm³/mol. The Morgan fingerprint density at radius 2 is 2.00 bits per heavy atom. The van der Waals surface area contributed by atoms with Crippen molar-refractivity contribution < 1.29 is 14.4 Å². The number of hydrogen-bond donors (Lipinski definition) is 4. The molecular formula is C25H40N8O3S. The van der Waals surface area contributed by atoms with Crippen molar-refractivity contribution in [2.75, 3.05) is 63.2 Å². The predicted octanol–water partition coefficient (Wildman–Crippen LogP) is 0.970. The van der Waals surface area contributed by atoms with Crippen LogP contribution in [-0.4, -0.2) is 102 Å². The lowest BCUT2D eigenvalue weighted by molar-refractivity contribution is -0.123. The Hall–Kier alpha value is -2.88. The smallest absolute Gasteiger partial charge is 0.239 e. The molecule has 0 bridgehead atoms. The number of carbonyl (C=O) groups excluding carboxylic acids is 3. The van der Waals surface area contributed by atoms with E-state index < -0.39 is 11.2 Å². The molecule has 11 nitrogen and oxygen atoms in total. The highest BCUT2D eigenvalue weighted by Crippen LogP contribution is 2.18. The number of nitrogens with zero attached hydrogens (tertiary/aromatic N) is 4. The van der Waals surface area contributed by atoms with Crippen molar-refractivity contribution in [3.05, 3.63) is 18.2 Å². The molecule has 204 valence electrons.